The molecule has 2 nitrogen and oxygen atoms in total. The van der Waals surface area contributed by atoms with Crippen LogP contribution in [0.4, 0.5) is 0 Å². The Hall–Kier alpha value is -3.65. The van der Waals surface area contributed by atoms with Gasteiger partial charge in [-0.2, -0.15) is 0 Å². The fourth-order valence-corrected chi connectivity index (χ4v) is 4.26. The molecule has 2 heterocycles. The number of allylic oxidation sites excluding steroid dienone is 1. The molecule has 0 saturated carbocycles. The van der Waals surface area contributed by atoms with Crippen LogP contribution in [-0.4, -0.2) is 9.97 Å². The van der Waals surface area contributed by atoms with E-state index in [0.29, 0.717) is 0 Å². The number of fused-ring (bicyclic) bond motifs is 3. The normalized spacial score (nSPS) is 11.7. The largest absolute Gasteiger partial charge is 0.339 e. The monoisotopic (exact) mass is 416 g/mol. The highest BCUT2D eigenvalue weighted by Gasteiger charge is 2.08. The molecular weight excluding hydrogens is 388 g/mol. The summed E-state index contributed by atoms with van der Waals surface area (Å²) >= 11 is 0. The fraction of sp³-hybridized carbons (Fsp3) is 0.167. The molecule has 0 amide bonds. The van der Waals surface area contributed by atoms with Gasteiger partial charge in [-0.1, -0.05) is 86.5 Å². The first kappa shape index (κ1) is 20.3. The van der Waals surface area contributed by atoms with Gasteiger partial charge in [-0.3, -0.25) is 0 Å². The minimum absolute atomic E-state index is 0.951. The van der Waals surface area contributed by atoms with Gasteiger partial charge in [0.15, 0.2) is 0 Å². The molecule has 5 aromatic rings. The molecule has 158 valence electrons. The third-order valence-corrected chi connectivity index (χ3v) is 6.07. The van der Waals surface area contributed by atoms with Crippen LogP contribution >= 0.6 is 0 Å². The number of H-pyrrole nitrogens is 1. The Labute approximate surface area is 189 Å². The van der Waals surface area contributed by atoms with Crippen molar-refractivity contribution in [3.8, 4) is 22.3 Å². The molecule has 2 heteroatoms. The Morgan fingerprint density at radius 1 is 0.719 bits per heavy atom. The summed E-state index contributed by atoms with van der Waals surface area (Å²) in [6.45, 7) is 2.24. The average Bonchev–Trinajstić information content (AvgIpc) is 3.21. The Morgan fingerprint density at radius 3 is 2.22 bits per heavy atom. The van der Waals surface area contributed by atoms with Gasteiger partial charge in [0.2, 0.25) is 0 Å². The minimum Gasteiger partial charge on any atom is -0.339 e. The Balaban J connectivity index is 1.42. The summed E-state index contributed by atoms with van der Waals surface area (Å²) in [5.41, 5.74) is 8.01. The van der Waals surface area contributed by atoms with Crippen molar-refractivity contribution >= 4 is 28.0 Å². The molecule has 0 bridgehead atoms. The number of aromatic nitrogens is 2. The first-order valence-electron chi connectivity index (χ1n) is 11.6. The molecule has 0 fully saturated rings. The first-order chi connectivity index (χ1) is 15.8. The van der Waals surface area contributed by atoms with Gasteiger partial charge in [-0.15, -0.1) is 0 Å². The van der Waals surface area contributed by atoms with Crippen LogP contribution in [0, 0.1) is 0 Å². The molecular formula is C30H28N2. The van der Waals surface area contributed by atoms with Crippen LogP contribution in [-0.2, 0) is 0 Å². The van der Waals surface area contributed by atoms with Crippen LogP contribution in [0.5, 0.6) is 0 Å². The van der Waals surface area contributed by atoms with E-state index in [9.17, 15) is 0 Å². The van der Waals surface area contributed by atoms with Gasteiger partial charge in [0.05, 0.1) is 5.69 Å². The summed E-state index contributed by atoms with van der Waals surface area (Å²) < 4.78 is 0. The van der Waals surface area contributed by atoms with Gasteiger partial charge >= 0.3 is 0 Å². The summed E-state index contributed by atoms with van der Waals surface area (Å²) in [5, 5.41) is 2.39. The van der Waals surface area contributed by atoms with E-state index in [1.165, 1.54) is 52.3 Å². The molecule has 0 aliphatic heterocycles. The average molecular weight is 417 g/mol. The van der Waals surface area contributed by atoms with Crippen molar-refractivity contribution < 1.29 is 0 Å². The summed E-state index contributed by atoms with van der Waals surface area (Å²) in [7, 11) is 0. The van der Waals surface area contributed by atoms with E-state index < -0.39 is 0 Å². The lowest BCUT2D eigenvalue weighted by Crippen LogP contribution is -1.82. The van der Waals surface area contributed by atoms with Gasteiger partial charge in [0.25, 0.3) is 0 Å². The SMILES string of the molecule is CCCCCC=Cc1ccc2c(n1)[nH]c1ccc(-c3ccc(-c4ccccc4)cc3)cc12. The lowest BCUT2D eigenvalue weighted by Gasteiger charge is -2.05. The lowest BCUT2D eigenvalue weighted by atomic mass is 9.99. The molecule has 32 heavy (non-hydrogen) atoms. The highest BCUT2D eigenvalue weighted by Crippen LogP contribution is 2.31. The molecule has 0 radical (unpaired) electrons. The van der Waals surface area contributed by atoms with Crippen molar-refractivity contribution in [3.63, 3.8) is 0 Å². The van der Waals surface area contributed by atoms with Crippen LogP contribution in [0.2, 0.25) is 0 Å². The maximum Gasteiger partial charge on any atom is 0.139 e. The number of unbranched alkanes of at least 4 members (excludes halogenated alkanes) is 3. The quantitative estimate of drug-likeness (QED) is 0.264. The zero-order valence-corrected chi connectivity index (χ0v) is 18.5. The summed E-state index contributed by atoms with van der Waals surface area (Å²) in [4.78, 5) is 8.33. The van der Waals surface area contributed by atoms with Gasteiger partial charge in [0, 0.05) is 16.3 Å². The number of nitrogens with one attached hydrogen (secondary N) is 1. The maximum absolute atomic E-state index is 4.84. The third kappa shape index (κ3) is 4.22. The van der Waals surface area contributed by atoms with Crippen molar-refractivity contribution in [1.29, 1.82) is 0 Å². The van der Waals surface area contributed by atoms with Crippen LogP contribution in [0.15, 0.2) is 91.0 Å². The van der Waals surface area contributed by atoms with Crippen molar-refractivity contribution in [1.82, 2.24) is 9.97 Å². The summed E-state index contributed by atoms with van der Waals surface area (Å²) in [5.74, 6) is 0. The molecule has 3 aromatic carbocycles. The standard InChI is InChI=1S/C30H28N2/c1-2-3-4-5-9-12-26-18-19-27-28-21-25(17-20-29(28)32-30(27)31-26)24-15-13-23(14-16-24)22-10-7-6-8-11-22/h6-21H,2-5H2,1H3,(H,31,32). The second-order valence-electron chi connectivity index (χ2n) is 8.36. The van der Waals surface area contributed by atoms with E-state index in [4.69, 9.17) is 4.98 Å². The van der Waals surface area contributed by atoms with E-state index in [-0.39, 0.29) is 0 Å². The van der Waals surface area contributed by atoms with E-state index in [0.717, 1.165) is 23.3 Å². The zero-order chi connectivity index (χ0) is 21.8. The number of nitrogens with zero attached hydrogens (tertiary/aromatic N) is 1. The Kier molecular flexibility index (Phi) is 5.85. The van der Waals surface area contributed by atoms with Crippen LogP contribution in [0.1, 0.15) is 38.3 Å². The highest BCUT2D eigenvalue weighted by atomic mass is 14.9. The number of hydrogen-bond acceptors (Lipinski definition) is 1. The number of rotatable bonds is 7. The van der Waals surface area contributed by atoms with Gasteiger partial charge in [-0.25, -0.2) is 4.98 Å². The van der Waals surface area contributed by atoms with Crippen LogP contribution in [0.3, 0.4) is 0 Å². The number of hydrogen-bond donors (Lipinski definition) is 1. The molecule has 0 unspecified atom stereocenters. The maximum atomic E-state index is 4.84. The van der Waals surface area contributed by atoms with E-state index in [2.05, 4.69) is 109 Å². The van der Waals surface area contributed by atoms with E-state index >= 15 is 0 Å². The molecule has 0 aliphatic carbocycles. The summed E-state index contributed by atoms with van der Waals surface area (Å²) in [6.07, 6.45) is 9.29. The molecule has 0 aliphatic rings. The van der Waals surface area contributed by atoms with E-state index in [1.54, 1.807) is 0 Å². The first-order valence-corrected chi connectivity index (χ1v) is 11.6. The van der Waals surface area contributed by atoms with Crippen molar-refractivity contribution in [2.45, 2.75) is 32.6 Å². The summed E-state index contributed by atoms with van der Waals surface area (Å²) in [6, 6.07) is 30.2. The Bertz CT molecular complexity index is 1360. The lowest BCUT2D eigenvalue weighted by molar-refractivity contribution is 0.730. The molecule has 0 saturated heterocycles. The molecule has 5 rings (SSSR count). The molecule has 0 atom stereocenters. The molecule has 0 spiro atoms. The zero-order valence-electron chi connectivity index (χ0n) is 18.5. The smallest absolute Gasteiger partial charge is 0.139 e. The van der Waals surface area contributed by atoms with Gasteiger partial charge in [-0.05, 0) is 65.4 Å². The minimum atomic E-state index is 0.951. The fourth-order valence-electron chi connectivity index (χ4n) is 4.26. The number of pyridine rings is 1. The second kappa shape index (κ2) is 9.23. The predicted molar refractivity (Wildman–Crippen MR) is 138 cm³/mol. The van der Waals surface area contributed by atoms with Crippen molar-refractivity contribution in [2.75, 3.05) is 0 Å². The van der Waals surface area contributed by atoms with Gasteiger partial charge < -0.3 is 4.98 Å². The van der Waals surface area contributed by atoms with Crippen LogP contribution < -0.4 is 0 Å². The van der Waals surface area contributed by atoms with Crippen molar-refractivity contribution in [2.24, 2.45) is 0 Å². The molecule has 2 aromatic heterocycles. The highest BCUT2D eigenvalue weighted by molar-refractivity contribution is 6.07. The van der Waals surface area contributed by atoms with Crippen molar-refractivity contribution in [3.05, 3.63) is 96.7 Å². The van der Waals surface area contributed by atoms with Crippen LogP contribution in [0.25, 0.3) is 50.3 Å². The van der Waals surface area contributed by atoms with Gasteiger partial charge in [0.1, 0.15) is 5.65 Å². The number of benzene rings is 3. The van der Waals surface area contributed by atoms with E-state index in [1.807, 2.05) is 0 Å². The second-order valence-corrected chi connectivity index (χ2v) is 8.36. The predicted octanol–water partition coefficient (Wildman–Crippen LogP) is 8.64. The topological polar surface area (TPSA) is 28.7 Å². The number of aromatic amines is 1. The third-order valence-electron chi connectivity index (χ3n) is 6.07. The molecule has 1 N–H and O–H groups in total. The Morgan fingerprint density at radius 2 is 1.44 bits per heavy atom.